The molecule has 0 saturated carbocycles. The number of likely N-dealkylation sites (N-methyl/N-ethyl adjacent to an activating group) is 1. The Morgan fingerprint density at radius 2 is 2.09 bits per heavy atom. The topological polar surface area (TPSA) is 84.0 Å². The van der Waals surface area contributed by atoms with Gasteiger partial charge < -0.3 is 19.3 Å². The van der Waals surface area contributed by atoms with E-state index in [4.69, 9.17) is 9.47 Å². The zero-order chi connectivity index (χ0) is 24.2. The first kappa shape index (κ1) is 23.9. The van der Waals surface area contributed by atoms with Gasteiger partial charge in [-0.15, -0.1) is 11.3 Å². The molecule has 2 aromatic heterocycles. The maximum atomic E-state index is 12.7. The predicted molar refractivity (Wildman–Crippen MR) is 134 cm³/mol. The van der Waals surface area contributed by atoms with Crippen LogP contribution in [0.4, 0.5) is 10.6 Å². The minimum Gasteiger partial charge on any atom is -0.354 e. The minimum absolute atomic E-state index is 0.0902. The van der Waals surface area contributed by atoms with Gasteiger partial charge in [0.05, 0.1) is 19.6 Å². The molecule has 8 nitrogen and oxygen atoms in total. The molecule has 3 heterocycles. The number of methoxy groups -OCH3 is 2. The molecule has 0 unspecified atom stereocenters. The monoisotopic (exact) mass is 480 g/mol. The lowest BCUT2D eigenvalue weighted by Gasteiger charge is -2.30. The number of aryl methyl sites for hydroxylation is 1. The number of fused-ring (bicyclic) bond motifs is 2. The molecule has 1 aliphatic heterocycles. The number of pyridine rings is 1. The van der Waals surface area contributed by atoms with Crippen LogP contribution in [-0.2, 0) is 27.4 Å². The van der Waals surface area contributed by atoms with Crippen LogP contribution in [0.25, 0.3) is 16.2 Å². The van der Waals surface area contributed by atoms with Crippen LogP contribution in [0.2, 0.25) is 0 Å². The number of nitrogens with one attached hydrogen (secondary N) is 1. The standard InChI is InChI=1S/C25H28N4O4S/c1-16-19-7-5-6-8-20(19)34-21(16)14-28(2)22(30)10-9-17-11-18-13-29(15-23(32-3)33-4)25(31)27-24(18)26-12-17/h5-12,23H,13-15H2,1-4H3,(H,26,27,31)/b10-9+. The summed E-state index contributed by atoms with van der Waals surface area (Å²) >= 11 is 1.72. The van der Waals surface area contributed by atoms with Crippen LogP contribution in [-0.4, -0.2) is 60.8 Å². The second-order valence-corrected chi connectivity index (χ2v) is 9.30. The smallest absolute Gasteiger partial charge is 0.323 e. The average molecular weight is 481 g/mol. The number of carbonyl (C=O) groups excluding carboxylic acids is 2. The van der Waals surface area contributed by atoms with E-state index in [1.54, 1.807) is 46.5 Å². The van der Waals surface area contributed by atoms with Crippen molar-refractivity contribution in [2.75, 3.05) is 33.1 Å². The van der Waals surface area contributed by atoms with Crippen molar-refractivity contribution < 1.29 is 19.1 Å². The summed E-state index contributed by atoms with van der Waals surface area (Å²) in [7, 11) is 4.87. The quantitative estimate of drug-likeness (QED) is 0.385. The summed E-state index contributed by atoms with van der Waals surface area (Å²) in [5.74, 6) is 0.431. The third kappa shape index (κ3) is 5.11. The Hall–Kier alpha value is -3.27. The fourth-order valence-electron chi connectivity index (χ4n) is 3.85. The third-order valence-electron chi connectivity index (χ3n) is 5.87. The van der Waals surface area contributed by atoms with Crippen molar-refractivity contribution in [1.82, 2.24) is 14.8 Å². The van der Waals surface area contributed by atoms with E-state index >= 15 is 0 Å². The number of rotatable bonds is 8. The van der Waals surface area contributed by atoms with Crippen LogP contribution in [0.5, 0.6) is 0 Å². The first-order chi connectivity index (χ1) is 16.4. The number of hydrogen-bond acceptors (Lipinski definition) is 6. The highest BCUT2D eigenvalue weighted by molar-refractivity contribution is 7.19. The Balaban J connectivity index is 1.43. The lowest BCUT2D eigenvalue weighted by Crippen LogP contribution is -2.44. The van der Waals surface area contributed by atoms with E-state index in [0.717, 1.165) is 11.1 Å². The molecule has 0 aliphatic carbocycles. The Labute approximate surface area is 202 Å². The highest BCUT2D eigenvalue weighted by Crippen LogP contribution is 2.31. The van der Waals surface area contributed by atoms with E-state index in [2.05, 4.69) is 29.4 Å². The molecule has 0 atom stereocenters. The number of ether oxygens (including phenoxy) is 2. The highest BCUT2D eigenvalue weighted by Gasteiger charge is 2.26. The number of nitrogens with zero attached hydrogens (tertiary/aromatic N) is 3. The van der Waals surface area contributed by atoms with Gasteiger partial charge in [0.2, 0.25) is 5.91 Å². The van der Waals surface area contributed by atoms with E-state index in [9.17, 15) is 9.59 Å². The SMILES string of the molecule is COC(CN1Cc2cc(/C=C/C(=O)N(C)Cc3sc4ccccc4c3C)cnc2NC1=O)OC. The Morgan fingerprint density at radius 3 is 2.82 bits per heavy atom. The molecule has 34 heavy (non-hydrogen) atoms. The fraction of sp³-hybridized carbons (Fsp3) is 0.320. The van der Waals surface area contributed by atoms with Gasteiger partial charge in [0, 0.05) is 48.7 Å². The van der Waals surface area contributed by atoms with Crippen LogP contribution < -0.4 is 5.32 Å². The van der Waals surface area contributed by atoms with Gasteiger partial charge in [-0.3, -0.25) is 10.1 Å². The number of benzene rings is 1. The van der Waals surface area contributed by atoms with E-state index < -0.39 is 6.29 Å². The molecular formula is C25H28N4O4S. The predicted octanol–water partition coefficient (Wildman–Crippen LogP) is 4.24. The summed E-state index contributed by atoms with van der Waals surface area (Å²) in [6, 6.07) is 9.96. The number of hydrogen-bond donors (Lipinski definition) is 1. The maximum absolute atomic E-state index is 12.7. The van der Waals surface area contributed by atoms with E-state index in [1.165, 1.54) is 34.7 Å². The average Bonchev–Trinajstić information content (AvgIpc) is 3.16. The van der Waals surface area contributed by atoms with Crippen LogP contribution in [0.15, 0.2) is 42.6 Å². The summed E-state index contributed by atoms with van der Waals surface area (Å²) < 4.78 is 11.6. The van der Waals surface area contributed by atoms with Crippen LogP contribution in [0.3, 0.4) is 0 Å². The third-order valence-corrected chi connectivity index (χ3v) is 7.13. The maximum Gasteiger partial charge on any atom is 0.323 e. The first-order valence-electron chi connectivity index (χ1n) is 10.9. The molecule has 178 valence electrons. The first-order valence-corrected chi connectivity index (χ1v) is 11.7. The second kappa shape index (κ2) is 10.3. The molecule has 0 spiro atoms. The number of aromatic nitrogens is 1. The van der Waals surface area contributed by atoms with E-state index in [1.807, 2.05) is 18.2 Å². The summed E-state index contributed by atoms with van der Waals surface area (Å²) in [5.41, 5.74) is 2.86. The molecule has 1 aliphatic rings. The molecule has 3 aromatic rings. The van der Waals surface area contributed by atoms with Crippen LogP contribution in [0.1, 0.15) is 21.6 Å². The fourth-order valence-corrected chi connectivity index (χ4v) is 5.11. The molecule has 1 aromatic carbocycles. The summed E-state index contributed by atoms with van der Waals surface area (Å²) in [6.45, 7) is 3.32. The normalized spacial score (nSPS) is 13.6. The number of amides is 3. The molecule has 4 rings (SSSR count). The van der Waals surface area contributed by atoms with Gasteiger partial charge in [0.25, 0.3) is 0 Å². The number of thiophene rings is 1. The second-order valence-electron chi connectivity index (χ2n) is 8.16. The van der Waals surface area contributed by atoms with Gasteiger partial charge in [-0.1, -0.05) is 18.2 Å². The van der Waals surface area contributed by atoms with Crippen molar-refractivity contribution in [3.8, 4) is 0 Å². The van der Waals surface area contributed by atoms with Gasteiger partial charge in [0.15, 0.2) is 6.29 Å². The largest absolute Gasteiger partial charge is 0.354 e. The van der Waals surface area contributed by atoms with Crippen molar-refractivity contribution in [2.24, 2.45) is 0 Å². The zero-order valence-electron chi connectivity index (χ0n) is 19.7. The van der Waals surface area contributed by atoms with Gasteiger partial charge in [-0.2, -0.15) is 0 Å². The molecule has 3 amide bonds. The van der Waals surface area contributed by atoms with Gasteiger partial charge in [-0.05, 0) is 41.6 Å². The van der Waals surface area contributed by atoms with E-state index in [-0.39, 0.29) is 11.9 Å². The highest BCUT2D eigenvalue weighted by atomic mass is 32.1. The van der Waals surface area contributed by atoms with Crippen molar-refractivity contribution in [3.05, 3.63) is 64.2 Å². The summed E-state index contributed by atoms with van der Waals surface area (Å²) in [5, 5.41) is 4.02. The number of anilines is 1. The molecule has 1 N–H and O–H groups in total. The van der Waals surface area contributed by atoms with Gasteiger partial charge >= 0.3 is 6.03 Å². The lowest BCUT2D eigenvalue weighted by molar-refractivity contribution is -0.125. The van der Waals surface area contributed by atoms with Crippen molar-refractivity contribution >= 4 is 45.3 Å². The Morgan fingerprint density at radius 1 is 1.32 bits per heavy atom. The Kier molecular flexibility index (Phi) is 7.26. The molecule has 0 radical (unpaired) electrons. The zero-order valence-corrected chi connectivity index (χ0v) is 20.5. The number of carbonyl (C=O) groups is 2. The molecule has 0 saturated heterocycles. The van der Waals surface area contributed by atoms with Crippen molar-refractivity contribution in [1.29, 1.82) is 0 Å². The van der Waals surface area contributed by atoms with Gasteiger partial charge in [-0.25, -0.2) is 9.78 Å². The van der Waals surface area contributed by atoms with Gasteiger partial charge in [0.1, 0.15) is 5.82 Å². The number of urea groups is 1. The van der Waals surface area contributed by atoms with E-state index in [0.29, 0.717) is 25.5 Å². The summed E-state index contributed by atoms with van der Waals surface area (Å²) in [6.07, 6.45) is 4.43. The minimum atomic E-state index is -0.513. The lowest BCUT2D eigenvalue weighted by atomic mass is 10.1. The molecule has 0 bridgehead atoms. The van der Waals surface area contributed by atoms with Crippen molar-refractivity contribution in [2.45, 2.75) is 26.3 Å². The van der Waals surface area contributed by atoms with Crippen LogP contribution in [0, 0.1) is 6.92 Å². The Bertz CT molecular complexity index is 1230. The molecule has 9 heteroatoms. The molecular weight excluding hydrogens is 452 g/mol. The van der Waals surface area contributed by atoms with Crippen LogP contribution >= 0.6 is 11.3 Å². The summed E-state index contributed by atoms with van der Waals surface area (Å²) in [4.78, 5) is 33.9. The molecule has 0 fully saturated rings. The van der Waals surface area contributed by atoms with Crippen molar-refractivity contribution in [3.63, 3.8) is 0 Å².